The first-order valence-corrected chi connectivity index (χ1v) is 10.3. The molecule has 5 nitrogen and oxygen atoms in total. The van der Waals surface area contributed by atoms with Gasteiger partial charge in [-0.25, -0.2) is 8.42 Å². The Morgan fingerprint density at radius 2 is 1.89 bits per heavy atom. The standard InChI is InChI=1S/C20H17BrN2O3S/c1-26-20-11-10-18(14-19(20)21)27(24,25)23-17-7-4-5-15(13-17)8-9-16-6-2-3-12-22-16/h2-14,23H,1H3. The van der Waals surface area contributed by atoms with Gasteiger partial charge in [-0.3, -0.25) is 9.71 Å². The number of hydrogen-bond donors (Lipinski definition) is 1. The summed E-state index contributed by atoms with van der Waals surface area (Å²) in [6, 6.07) is 17.4. The number of ether oxygens (including phenoxy) is 1. The number of methoxy groups -OCH3 is 1. The molecule has 0 amide bonds. The minimum atomic E-state index is -3.72. The quantitative estimate of drug-likeness (QED) is 0.591. The van der Waals surface area contributed by atoms with Crippen LogP contribution < -0.4 is 9.46 Å². The van der Waals surface area contributed by atoms with E-state index in [4.69, 9.17) is 4.74 Å². The van der Waals surface area contributed by atoms with Crippen LogP contribution in [-0.2, 0) is 10.0 Å². The van der Waals surface area contributed by atoms with E-state index in [9.17, 15) is 8.42 Å². The summed E-state index contributed by atoms with van der Waals surface area (Å²) in [5, 5.41) is 0. The lowest BCUT2D eigenvalue weighted by Gasteiger charge is -2.10. The average molecular weight is 445 g/mol. The highest BCUT2D eigenvalue weighted by atomic mass is 79.9. The third-order valence-electron chi connectivity index (χ3n) is 3.71. The molecular weight excluding hydrogens is 428 g/mol. The zero-order chi connectivity index (χ0) is 19.3. The number of anilines is 1. The van der Waals surface area contributed by atoms with E-state index in [-0.39, 0.29) is 4.90 Å². The first-order valence-electron chi connectivity index (χ1n) is 8.03. The molecule has 0 aliphatic rings. The summed E-state index contributed by atoms with van der Waals surface area (Å²) in [5.74, 6) is 0.565. The molecule has 2 aromatic carbocycles. The van der Waals surface area contributed by atoms with Crippen LogP contribution in [0.25, 0.3) is 12.2 Å². The van der Waals surface area contributed by atoms with E-state index < -0.39 is 10.0 Å². The topological polar surface area (TPSA) is 68.3 Å². The molecule has 1 heterocycles. The molecule has 0 atom stereocenters. The van der Waals surface area contributed by atoms with Gasteiger partial charge < -0.3 is 4.74 Å². The van der Waals surface area contributed by atoms with Crippen molar-refractivity contribution in [3.8, 4) is 5.75 Å². The fourth-order valence-corrected chi connectivity index (χ4v) is 4.16. The van der Waals surface area contributed by atoms with Gasteiger partial charge in [0, 0.05) is 11.9 Å². The second kappa shape index (κ2) is 8.37. The molecule has 0 radical (unpaired) electrons. The van der Waals surface area contributed by atoms with Crippen molar-refractivity contribution in [3.63, 3.8) is 0 Å². The Balaban J connectivity index is 1.81. The van der Waals surface area contributed by atoms with Crippen molar-refractivity contribution in [2.24, 2.45) is 0 Å². The summed E-state index contributed by atoms with van der Waals surface area (Å²) < 4.78 is 33.6. The molecule has 0 aliphatic heterocycles. The lowest BCUT2D eigenvalue weighted by molar-refractivity contribution is 0.411. The fraction of sp³-hybridized carbons (Fsp3) is 0.0500. The SMILES string of the molecule is COc1ccc(S(=O)(=O)Nc2cccc(C=Cc3ccccn3)c2)cc1Br. The Labute approximate surface area is 166 Å². The number of nitrogens with one attached hydrogen (secondary N) is 1. The second-order valence-electron chi connectivity index (χ2n) is 5.62. The minimum Gasteiger partial charge on any atom is -0.496 e. The van der Waals surface area contributed by atoms with Gasteiger partial charge in [0.2, 0.25) is 0 Å². The smallest absolute Gasteiger partial charge is 0.261 e. The van der Waals surface area contributed by atoms with Crippen LogP contribution in [-0.4, -0.2) is 20.5 Å². The van der Waals surface area contributed by atoms with E-state index in [1.54, 1.807) is 30.5 Å². The molecule has 1 N–H and O–H groups in total. The van der Waals surface area contributed by atoms with Gasteiger partial charge in [-0.2, -0.15) is 0 Å². The number of nitrogens with zero attached hydrogens (tertiary/aromatic N) is 1. The maximum atomic E-state index is 12.6. The van der Waals surface area contributed by atoms with Crippen LogP contribution in [0.2, 0.25) is 0 Å². The maximum absolute atomic E-state index is 12.6. The third kappa shape index (κ3) is 4.96. The normalized spacial score (nSPS) is 11.5. The van der Waals surface area contributed by atoms with E-state index in [1.165, 1.54) is 19.2 Å². The van der Waals surface area contributed by atoms with E-state index in [0.717, 1.165) is 11.3 Å². The summed E-state index contributed by atoms with van der Waals surface area (Å²) in [6.45, 7) is 0. The van der Waals surface area contributed by atoms with Gasteiger partial charge in [0.1, 0.15) is 5.75 Å². The lowest BCUT2D eigenvalue weighted by atomic mass is 10.2. The first kappa shape index (κ1) is 19.1. The molecule has 7 heteroatoms. The Hall–Kier alpha value is -2.64. The van der Waals surface area contributed by atoms with Crippen LogP contribution in [0, 0.1) is 0 Å². The first-order chi connectivity index (χ1) is 13.0. The van der Waals surface area contributed by atoms with Crippen molar-refractivity contribution < 1.29 is 13.2 Å². The van der Waals surface area contributed by atoms with E-state index in [0.29, 0.717) is 15.9 Å². The van der Waals surface area contributed by atoms with Crippen molar-refractivity contribution >= 4 is 43.8 Å². The number of hydrogen-bond acceptors (Lipinski definition) is 4. The zero-order valence-electron chi connectivity index (χ0n) is 14.5. The highest BCUT2D eigenvalue weighted by Gasteiger charge is 2.16. The molecule has 0 bridgehead atoms. The molecule has 0 spiro atoms. The predicted molar refractivity (Wildman–Crippen MR) is 111 cm³/mol. The zero-order valence-corrected chi connectivity index (χ0v) is 16.9. The van der Waals surface area contributed by atoms with Gasteiger partial charge in [-0.05, 0) is 70.0 Å². The molecule has 0 fully saturated rings. The Morgan fingerprint density at radius 3 is 2.59 bits per heavy atom. The lowest BCUT2D eigenvalue weighted by Crippen LogP contribution is -2.13. The maximum Gasteiger partial charge on any atom is 0.261 e. The van der Waals surface area contributed by atoms with Gasteiger partial charge >= 0.3 is 0 Å². The number of aromatic nitrogens is 1. The van der Waals surface area contributed by atoms with E-state index in [1.807, 2.05) is 36.4 Å². The molecule has 138 valence electrons. The Morgan fingerprint density at radius 1 is 1.04 bits per heavy atom. The van der Waals surface area contributed by atoms with Gasteiger partial charge in [0.25, 0.3) is 10.0 Å². The summed E-state index contributed by atoms with van der Waals surface area (Å²) in [7, 11) is -2.19. The molecular formula is C20H17BrN2O3S. The van der Waals surface area contributed by atoms with E-state index >= 15 is 0 Å². The van der Waals surface area contributed by atoms with Gasteiger partial charge in [-0.1, -0.05) is 24.3 Å². The van der Waals surface area contributed by atoms with Crippen LogP contribution in [0.5, 0.6) is 5.75 Å². The molecule has 27 heavy (non-hydrogen) atoms. The molecule has 0 saturated carbocycles. The van der Waals surface area contributed by atoms with Crippen molar-refractivity contribution in [2.45, 2.75) is 4.90 Å². The largest absolute Gasteiger partial charge is 0.496 e. The Bertz CT molecular complexity index is 1070. The van der Waals surface area contributed by atoms with Crippen LogP contribution in [0.4, 0.5) is 5.69 Å². The van der Waals surface area contributed by atoms with Gasteiger partial charge in [0.05, 0.1) is 22.2 Å². The number of sulfonamides is 1. The number of halogens is 1. The monoisotopic (exact) mass is 444 g/mol. The van der Waals surface area contributed by atoms with Crippen molar-refractivity contribution in [1.82, 2.24) is 4.98 Å². The van der Waals surface area contributed by atoms with E-state index in [2.05, 4.69) is 25.6 Å². The number of rotatable bonds is 6. The van der Waals surface area contributed by atoms with Crippen LogP contribution in [0.3, 0.4) is 0 Å². The van der Waals surface area contributed by atoms with Gasteiger partial charge in [-0.15, -0.1) is 0 Å². The van der Waals surface area contributed by atoms with Crippen molar-refractivity contribution in [2.75, 3.05) is 11.8 Å². The molecule has 3 aromatic rings. The highest BCUT2D eigenvalue weighted by molar-refractivity contribution is 9.10. The predicted octanol–water partition coefficient (Wildman–Crippen LogP) is 4.82. The van der Waals surface area contributed by atoms with Crippen molar-refractivity contribution in [3.05, 3.63) is 82.6 Å². The summed E-state index contributed by atoms with van der Waals surface area (Å²) in [4.78, 5) is 4.37. The Kier molecular flexibility index (Phi) is 5.93. The summed E-state index contributed by atoms with van der Waals surface area (Å²) in [5.41, 5.74) is 2.16. The molecule has 3 rings (SSSR count). The minimum absolute atomic E-state index is 0.143. The molecule has 0 aliphatic carbocycles. The summed E-state index contributed by atoms with van der Waals surface area (Å²) >= 11 is 3.31. The molecule has 1 aromatic heterocycles. The third-order valence-corrected chi connectivity index (χ3v) is 5.71. The molecule has 0 saturated heterocycles. The van der Waals surface area contributed by atoms with Crippen LogP contribution in [0.15, 0.2) is 76.2 Å². The average Bonchev–Trinajstić information content (AvgIpc) is 2.67. The van der Waals surface area contributed by atoms with Gasteiger partial charge in [0.15, 0.2) is 0 Å². The molecule has 0 unspecified atom stereocenters. The fourth-order valence-electron chi connectivity index (χ4n) is 2.39. The second-order valence-corrected chi connectivity index (χ2v) is 8.15. The number of pyridine rings is 1. The van der Waals surface area contributed by atoms with Crippen LogP contribution >= 0.6 is 15.9 Å². The van der Waals surface area contributed by atoms with Crippen molar-refractivity contribution in [1.29, 1.82) is 0 Å². The number of benzene rings is 2. The summed E-state index contributed by atoms with van der Waals surface area (Å²) in [6.07, 6.45) is 5.47. The highest BCUT2D eigenvalue weighted by Crippen LogP contribution is 2.28. The van der Waals surface area contributed by atoms with Crippen LogP contribution in [0.1, 0.15) is 11.3 Å².